The molecule has 1 aromatic carbocycles. The van der Waals surface area contributed by atoms with Gasteiger partial charge in [0.2, 0.25) is 0 Å². The minimum absolute atomic E-state index is 0.165. The topological polar surface area (TPSA) is 78.5 Å². The number of aromatic nitrogens is 2. The van der Waals surface area contributed by atoms with Crippen LogP contribution in [0.1, 0.15) is 21.6 Å². The first-order valence-electron chi connectivity index (χ1n) is 7.82. The summed E-state index contributed by atoms with van der Waals surface area (Å²) in [6, 6.07) is 7.98. The van der Waals surface area contributed by atoms with Crippen molar-refractivity contribution in [2.24, 2.45) is 0 Å². The lowest BCUT2D eigenvalue weighted by atomic mass is 9.91. The molecule has 0 bridgehead atoms. The van der Waals surface area contributed by atoms with E-state index in [1.165, 1.54) is 6.20 Å². The predicted octanol–water partition coefficient (Wildman–Crippen LogP) is 1.82. The molecule has 1 amide bonds. The number of H-pyrrole nitrogens is 1. The molecule has 0 saturated carbocycles. The molecular formula is C17H20ClN3O3. The Labute approximate surface area is 145 Å². The molecule has 2 N–H and O–H groups in total. The largest absolute Gasteiger partial charge is 0.393 e. The molecule has 3 rings (SSSR count). The SMILES string of the molecule is Cc1ccccc1CC1(CO)CN(C(=O)c2[nH]ncc2Cl)CCO1. The fourth-order valence-electron chi connectivity index (χ4n) is 3.01. The van der Waals surface area contributed by atoms with Crippen LogP contribution in [0.5, 0.6) is 0 Å². The van der Waals surface area contributed by atoms with Gasteiger partial charge in [-0.2, -0.15) is 5.10 Å². The minimum Gasteiger partial charge on any atom is -0.393 e. The number of aliphatic hydroxyl groups is 1. The van der Waals surface area contributed by atoms with Crippen LogP contribution < -0.4 is 0 Å². The number of aliphatic hydroxyl groups excluding tert-OH is 1. The highest BCUT2D eigenvalue weighted by atomic mass is 35.5. The molecule has 1 aromatic heterocycles. The van der Waals surface area contributed by atoms with Crippen LogP contribution in [-0.2, 0) is 11.2 Å². The quantitative estimate of drug-likeness (QED) is 0.882. The fourth-order valence-corrected chi connectivity index (χ4v) is 3.18. The Morgan fingerprint density at radius 2 is 2.29 bits per heavy atom. The van der Waals surface area contributed by atoms with Gasteiger partial charge in [0.1, 0.15) is 11.3 Å². The van der Waals surface area contributed by atoms with Gasteiger partial charge in [0.25, 0.3) is 5.91 Å². The van der Waals surface area contributed by atoms with Crippen LogP contribution in [0, 0.1) is 6.92 Å². The average molecular weight is 350 g/mol. The number of aromatic amines is 1. The van der Waals surface area contributed by atoms with E-state index in [0.717, 1.165) is 11.1 Å². The number of hydrogen-bond donors (Lipinski definition) is 2. The first-order valence-corrected chi connectivity index (χ1v) is 8.20. The van der Waals surface area contributed by atoms with Gasteiger partial charge >= 0.3 is 0 Å². The number of carbonyl (C=O) groups excluding carboxylic acids is 1. The van der Waals surface area contributed by atoms with E-state index in [1.807, 2.05) is 31.2 Å². The average Bonchev–Trinajstić information content (AvgIpc) is 3.02. The molecule has 0 aliphatic carbocycles. The smallest absolute Gasteiger partial charge is 0.273 e. The molecule has 24 heavy (non-hydrogen) atoms. The number of benzene rings is 1. The molecule has 128 valence electrons. The van der Waals surface area contributed by atoms with Crippen LogP contribution in [0.15, 0.2) is 30.5 Å². The van der Waals surface area contributed by atoms with Crippen LogP contribution in [-0.4, -0.2) is 58.0 Å². The van der Waals surface area contributed by atoms with Crippen molar-refractivity contribution < 1.29 is 14.6 Å². The first-order chi connectivity index (χ1) is 11.5. The summed E-state index contributed by atoms with van der Waals surface area (Å²) in [4.78, 5) is 14.3. The second-order valence-electron chi connectivity index (χ2n) is 6.11. The molecule has 0 radical (unpaired) electrons. The van der Waals surface area contributed by atoms with Crippen LogP contribution in [0.25, 0.3) is 0 Å². The van der Waals surface area contributed by atoms with Gasteiger partial charge in [0.15, 0.2) is 0 Å². The Hall–Kier alpha value is -1.89. The zero-order valence-electron chi connectivity index (χ0n) is 13.5. The molecule has 1 fully saturated rings. The number of nitrogens with zero attached hydrogens (tertiary/aromatic N) is 2. The van der Waals surface area contributed by atoms with E-state index >= 15 is 0 Å². The molecule has 2 heterocycles. The molecule has 1 aliphatic rings. The zero-order valence-corrected chi connectivity index (χ0v) is 14.2. The zero-order chi connectivity index (χ0) is 17.2. The maximum absolute atomic E-state index is 12.6. The Kier molecular flexibility index (Phi) is 4.89. The van der Waals surface area contributed by atoms with Crippen LogP contribution in [0.4, 0.5) is 0 Å². The van der Waals surface area contributed by atoms with E-state index in [2.05, 4.69) is 10.2 Å². The molecule has 1 aliphatic heterocycles. The van der Waals surface area contributed by atoms with Gasteiger partial charge in [-0.25, -0.2) is 0 Å². The van der Waals surface area contributed by atoms with E-state index in [1.54, 1.807) is 4.90 Å². The monoisotopic (exact) mass is 349 g/mol. The Morgan fingerprint density at radius 3 is 2.96 bits per heavy atom. The molecule has 0 spiro atoms. The summed E-state index contributed by atoms with van der Waals surface area (Å²) in [5.41, 5.74) is 1.68. The van der Waals surface area contributed by atoms with Crippen LogP contribution >= 0.6 is 11.6 Å². The van der Waals surface area contributed by atoms with Crippen LogP contribution in [0.3, 0.4) is 0 Å². The van der Waals surface area contributed by atoms with Crippen molar-refractivity contribution in [2.75, 3.05) is 26.3 Å². The Bertz CT molecular complexity index is 733. The normalized spacial score (nSPS) is 21.0. The fraction of sp³-hybridized carbons (Fsp3) is 0.412. The summed E-state index contributed by atoms with van der Waals surface area (Å²) >= 11 is 5.99. The highest BCUT2D eigenvalue weighted by Crippen LogP contribution is 2.26. The van der Waals surface area contributed by atoms with Crippen molar-refractivity contribution >= 4 is 17.5 Å². The molecule has 1 unspecified atom stereocenters. The summed E-state index contributed by atoms with van der Waals surface area (Å²) in [7, 11) is 0. The van der Waals surface area contributed by atoms with Gasteiger partial charge < -0.3 is 14.7 Å². The highest BCUT2D eigenvalue weighted by molar-refractivity contribution is 6.33. The number of halogens is 1. The summed E-state index contributed by atoms with van der Waals surface area (Å²) in [6.07, 6.45) is 1.94. The summed E-state index contributed by atoms with van der Waals surface area (Å²) < 4.78 is 5.90. The van der Waals surface area contributed by atoms with E-state index in [4.69, 9.17) is 16.3 Å². The number of morpholine rings is 1. The third-order valence-corrected chi connectivity index (χ3v) is 4.69. The third kappa shape index (κ3) is 3.31. The Balaban J connectivity index is 1.81. The standard InChI is InChI=1S/C17H20ClN3O3/c1-12-4-2-3-5-13(12)8-17(11-22)10-21(6-7-24-17)16(23)15-14(18)9-19-20-15/h2-5,9,22H,6-8,10-11H2,1H3,(H,19,20). The number of nitrogens with one attached hydrogen (secondary N) is 1. The molecule has 1 saturated heterocycles. The second kappa shape index (κ2) is 6.93. The van der Waals surface area contributed by atoms with E-state index < -0.39 is 5.60 Å². The summed E-state index contributed by atoms with van der Waals surface area (Å²) in [6.45, 7) is 2.97. The molecule has 2 aromatic rings. The number of amides is 1. The molecule has 6 nitrogen and oxygen atoms in total. The molecular weight excluding hydrogens is 330 g/mol. The first kappa shape index (κ1) is 17.0. The van der Waals surface area contributed by atoms with Gasteiger partial charge in [-0.3, -0.25) is 9.89 Å². The maximum atomic E-state index is 12.6. The van der Waals surface area contributed by atoms with Crippen molar-refractivity contribution in [1.82, 2.24) is 15.1 Å². The molecule has 7 heteroatoms. The second-order valence-corrected chi connectivity index (χ2v) is 6.52. The Morgan fingerprint density at radius 1 is 1.50 bits per heavy atom. The number of rotatable bonds is 4. The van der Waals surface area contributed by atoms with Gasteiger partial charge in [-0.15, -0.1) is 0 Å². The van der Waals surface area contributed by atoms with Gasteiger partial charge in [0, 0.05) is 13.0 Å². The number of ether oxygens (including phenoxy) is 1. The van der Waals surface area contributed by atoms with Crippen molar-refractivity contribution in [2.45, 2.75) is 18.9 Å². The van der Waals surface area contributed by atoms with Gasteiger partial charge in [-0.1, -0.05) is 35.9 Å². The number of aryl methyl sites for hydroxylation is 1. The van der Waals surface area contributed by atoms with Crippen molar-refractivity contribution in [3.05, 3.63) is 52.3 Å². The summed E-state index contributed by atoms with van der Waals surface area (Å²) in [5.74, 6) is -0.233. The lowest BCUT2D eigenvalue weighted by molar-refractivity contribution is -0.123. The third-order valence-electron chi connectivity index (χ3n) is 4.40. The van der Waals surface area contributed by atoms with E-state index in [9.17, 15) is 9.90 Å². The lowest BCUT2D eigenvalue weighted by Crippen LogP contribution is -2.57. The minimum atomic E-state index is -0.813. The number of hydrogen-bond acceptors (Lipinski definition) is 4. The highest BCUT2D eigenvalue weighted by Gasteiger charge is 2.39. The van der Waals surface area contributed by atoms with Crippen molar-refractivity contribution in [3.8, 4) is 0 Å². The summed E-state index contributed by atoms with van der Waals surface area (Å²) in [5, 5.41) is 16.7. The van der Waals surface area contributed by atoms with Crippen molar-refractivity contribution in [3.63, 3.8) is 0 Å². The van der Waals surface area contributed by atoms with Gasteiger partial charge in [0.05, 0.1) is 31.0 Å². The van der Waals surface area contributed by atoms with E-state index in [-0.39, 0.29) is 18.2 Å². The van der Waals surface area contributed by atoms with Gasteiger partial charge in [-0.05, 0) is 18.1 Å². The maximum Gasteiger partial charge on any atom is 0.273 e. The lowest BCUT2D eigenvalue weighted by Gasteiger charge is -2.42. The van der Waals surface area contributed by atoms with E-state index in [0.29, 0.717) is 31.1 Å². The predicted molar refractivity (Wildman–Crippen MR) is 90.2 cm³/mol. The number of carbonyl (C=O) groups is 1. The molecule has 1 atom stereocenters. The van der Waals surface area contributed by atoms with Crippen LogP contribution in [0.2, 0.25) is 5.02 Å². The van der Waals surface area contributed by atoms with Crippen molar-refractivity contribution in [1.29, 1.82) is 0 Å².